The van der Waals surface area contributed by atoms with E-state index in [0.717, 1.165) is 30.6 Å². The van der Waals surface area contributed by atoms with E-state index in [0.29, 0.717) is 26.0 Å². The van der Waals surface area contributed by atoms with Crippen molar-refractivity contribution >= 4 is 17.5 Å². The molecule has 0 aromatic heterocycles. The number of nitrogens with one attached hydrogen (secondary N) is 1. The van der Waals surface area contributed by atoms with E-state index in [4.69, 9.17) is 4.74 Å². The molecule has 1 aliphatic rings. The van der Waals surface area contributed by atoms with Crippen molar-refractivity contribution in [3.05, 3.63) is 29.8 Å². The zero-order valence-corrected chi connectivity index (χ0v) is 14.0. The first-order chi connectivity index (χ1) is 11.1. The molecule has 1 aliphatic heterocycles. The monoisotopic (exact) mass is 318 g/mol. The van der Waals surface area contributed by atoms with E-state index < -0.39 is 0 Å². The highest BCUT2D eigenvalue weighted by Crippen LogP contribution is 2.21. The second-order valence-electron chi connectivity index (χ2n) is 6.12. The van der Waals surface area contributed by atoms with Gasteiger partial charge in [0.2, 0.25) is 11.8 Å². The van der Waals surface area contributed by atoms with Crippen LogP contribution in [0.3, 0.4) is 0 Å². The average molecular weight is 318 g/mol. The summed E-state index contributed by atoms with van der Waals surface area (Å²) in [4.78, 5) is 25.4. The number of rotatable bonds is 8. The molecule has 1 aromatic rings. The normalized spacial score (nSPS) is 14.6. The zero-order valence-electron chi connectivity index (χ0n) is 14.0. The van der Waals surface area contributed by atoms with Gasteiger partial charge in [0.25, 0.3) is 0 Å². The van der Waals surface area contributed by atoms with Crippen LogP contribution in [0.2, 0.25) is 0 Å². The fourth-order valence-electron chi connectivity index (χ4n) is 2.58. The van der Waals surface area contributed by atoms with Gasteiger partial charge < -0.3 is 15.0 Å². The fourth-order valence-corrected chi connectivity index (χ4v) is 2.58. The van der Waals surface area contributed by atoms with Crippen molar-refractivity contribution in [2.45, 2.75) is 45.6 Å². The molecular weight excluding hydrogens is 292 g/mol. The van der Waals surface area contributed by atoms with Crippen LogP contribution < -0.4 is 10.2 Å². The first-order valence-electron chi connectivity index (χ1n) is 8.34. The van der Waals surface area contributed by atoms with Crippen LogP contribution in [-0.4, -0.2) is 37.6 Å². The molecule has 23 heavy (non-hydrogen) atoms. The molecule has 5 nitrogen and oxygen atoms in total. The molecule has 5 heteroatoms. The number of nitrogens with zero attached hydrogens (tertiary/aromatic N) is 1. The van der Waals surface area contributed by atoms with Crippen molar-refractivity contribution in [3.8, 4) is 0 Å². The summed E-state index contributed by atoms with van der Waals surface area (Å²) in [6.45, 7) is 6.08. The number of carbonyl (C=O) groups excluding carboxylic acids is 2. The average Bonchev–Trinajstić information content (AvgIpc) is 2.93. The van der Waals surface area contributed by atoms with Gasteiger partial charge in [-0.2, -0.15) is 0 Å². The molecule has 1 aromatic carbocycles. The summed E-state index contributed by atoms with van der Waals surface area (Å²) in [6.07, 6.45) is 2.96. The minimum absolute atomic E-state index is 0.0135. The number of benzene rings is 1. The van der Waals surface area contributed by atoms with Crippen LogP contribution in [0.25, 0.3) is 0 Å². The molecule has 2 rings (SSSR count). The van der Waals surface area contributed by atoms with Crippen molar-refractivity contribution in [2.75, 3.05) is 24.6 Å². The number of ether oxygens (including phenoxy) is 1. The lowest BCUT2D eigenvalue weighted by molar-refractivity contribution is -0.120. The van der Waals surface area contributed by atoms with E-state index in [-0.39, 0.29) is 17.9 Å². The van der Waals surface area contributed by atoms with Crippen molar-refractivity contribution in [1.82, 2.24) is 5.32 Å². The van der Waals surface area contributed by atoms with Crippen LogP contribution in [0, 0.1) is 0 Å². The van der Waals surface area contributed by atoms with E-state index in [2.05, 4.69) is 5.32 Å². The number of amides is 2. The zero-order chi connectivity index (χ0) is 16.7. The summed E-state index contributed by atoms with van der Waals surface area (Å²) in [7, 11) is 0. The molecule has 0 atom stereocenters. The number of hydrogen-bond acceptors (Lipinski definition) is 3. The number of carbonyl (C=O) groups is 2. The Kier molecular flexibility index (Phi) is 6.59. The lowest BCUT2D eigenvalue weighted by Crippen LogP contribution is -2.27. The second-order valence-corrected chi connectivity index (χ2v) is 6.12. The van der Waals surface area contributed by atoms with Crippen molar-refractivity contribution < 1.29 is 14.3 Å². The Morgan fingerprint density at radius 1 is 1.30 bits per heavy atom. The Balaban J connectivity index is 1.72. The fraction of sp³-hybridized carbons (Fsp3) is 0.556. The topological polar surface area (TPSA) is 58.6 Å². The van der Waals surface area contributed by atoms with Crippen LogP contribution in [-0.2, 0) is 20.7 Å². The predicted molar refractivity (Wildman–Crippen MR) is 90.4 cm³/mol. The maximum atomic E-state index is 11.9. The molecule has 126 valence electrons. The van der Waals surface area contributed by atoms with Gasteiger partial charge in [-0.1, -0.05) is 12.1 Å². The van der Waals surface area contributed by atoms with Crippen LogP contribution >= 0.6 is 0 Å². The Morgan fingerprint density at radius 2 is 2.04 bits per heavy atom. The van der Waals surface area contributed by atoms with E-state index in [1.807, 2.05) is 38.1 Å². The van der Waals surface area contributed by atoms with Gasteiger partial charge in [0, 0.05) is 31.8 Å². The van der Waals surface area contributed by atoms with E-state index in [1.165, 1.54) is 0 Å². The quantitative estimate of drug-likeness (QED) is 0.748. The summed E-state index contributed by atoms with van der Waals surface area (Å²) < 4.78 is 5.43. The smallest absolute Gasteiger partial charge is 0.227 e. The molecule has 1 heterocycles. The lowest BCUT2D eigenvalue weighted by Gasteiger charge is -2.15. The molecule has 2 amide bonds. The van der Waals surface area contributed by atoms with Gasteiger partial charge >= 0.3 is 0 Å². The van der Waals surface area contributed by atoms with Crippen LogP contribution in [0.4, 0.5) is 5.69 Å². The van der Waals surface area contributed by atoms with E-state index in [9.17, 15) is 9.59 Å². The first kappa shape index (κ1) is 17.5. The highest BCUT2D eigenvalue weighted by Gasteiger charge is 2.21. The van der Waals surface area contributed by atoms with Crippen LogP contribution in [0.5, 0.6) is 0 Å². The molecule has 1 saturated heterocycles. The molecule has 0 aliphatic carbocycles. The summed E-state index contributed by atoms with van der Waals surface area (Å²) in [5.41, 5.74) is 1.87. The van der Waals surface area contributed by atoms with Gasteiger partial charge in [-0.15, -0.1) is 0 Å². The van der Waals surface area contributed by atoms with Crippen LogP contribution in [0.15, 0.2) is 24.3 Å². The molecule has 0 unspecified atom stereocenters. The Bertz CT molecular complexity index is 526. The van der Waals surface area contributed by atoms with Crippen molar-refractivity contribution in [1.29, 1.82) is 0 Å². The number of anilines is 1. The number of hydrogen-bond donors (Lipinski definition) is 1. The molecule has 0 radical (unpaired) electrons. The third-order valence-corrected chi connectivity index (χ3v) is 3.78. The molecular formula is C18H26N2O3. The highest BCUT2D eigenvalue weighted by molar-refractivity contribution is 5.95. The summed E-state index contributed by atoms with van der Waals surface area (Å²) in [5.74, 6) is 0.193. The third-order valence-electron chi connectivity index (χ3n) is 3.78. The maximum Gasteiger partial charge on any atom is 0.227 e. The van der Waals surface area contributed by atoms with Gasteiger partial charge in [-0.25, -0.2) is 0 Å². The van der Waals surface area contributed by atoms with Gasteiger partial charge in [0.05, 0.1) is 12.5 Å². The standard InChI is InChI=1S/C18H26N2O3/c1-14(2)23-12-4-10-19-17(21)13-15-6-8-16(9-7-15)20-11-3-5-18(20)22/h6-9,14H,3-5,10-13H2,1-2H3,(H,19,21). The van der Waals surface area contributed by atoms with Gasteiger partial charge in [-0.05, 0) is 44.4 Å². The second kappa shape index (κ2) is 8.67. The van der Waals surface area contributed by atoms with Gasteiger partial charge in [0.1, 0.15) is 0 Å². The van der Waals surface area contributed by atoms with Gasteiger partial charge in [0.15, 0.2) is 0 Å². The highest BCUT2D eigenvalue weighted by atomic mass is 16.5. The summed E-state index contributed by atoms with van der Waals surface area (Å²) in [6, 6.07) is 7.68. The molecule has 0 bridgehead atoms. The SMILES string of the molecule is CC(C)OCCCNC(=O)Cc1ccc(N2CCCC2=O)cc1. The maximum absolute atomic E-state index is 11.9. The Labute approximate surface area is 138 Å². The minimum Gasteiger partial charge on any atom is -0.379 e. The van der Waals surface area contributed by atoms with E-state index >= 15 is 0 Å². The van der Waals surface area contributed by atoms with Crippen LogP contribution in [0.1, 0.15) is 38.7 Å². The Hall–Kier alpha value is -1.88. The predicted octanol–water partition coefficient (Wildman–Crippen LogP) is 2.29. The lowest BCUT2D eigenvalue weighted by atomic mass is 10.1. The summed E-state index contributed by atoms with van der Waals surface area (Å²) >= 11 is 0. The first-order valence-corrected chi connectivity index (χ1v) is 8.34. The third kappa shape index (κ3) is 5.67. The Morgan fingerprint density at radius 3 is 2.65 bits per heavy atom. The molecule has 1 N–H and O–H groups in total. The molecule has 1 fully saturated rings. The van der Waals surface area contributed by atoms with E-state index in [1.54, 1.807) is 4.90 Å². The van der Waals surface area contributed by atoms with Crippen molar-refractivity contribution in [2.24, 2.45) is 0 Å². The van der Waals surface area contributed by atoms with Gasteiger partial charge in [-0.3, -0.25) is 9.59 Å². The van der Waals surface area contributed by atoms with Crippen molar-refractivity contribution in [3.63, 3.8) is 0 Å². The minimum atomic E-state index is 0.0135. The largest absolute Gasteiger partial charge is 0.379 e. The summed E-state index contributed by atoms with van der Waals surface area (Å²) in [5, 5.41) is 2.90. The molecule has 0 saturated carbocycles. The molecule has 0 spiro atoms.